The monoisotopic (exact) mass is 220 g/mol. The number of nitrogens with zero attached hydrogens (tertiary/aromatic N) is 2. The summed E-state index contributed by atoms with van der Waals surface area (Å²) >= 11 is 0. The molecule has 2 atom stereocenters. The first-order chi connectivity index (χ1) is 7.59. The van der Waals surface area contributed by atoms with Gasteiger partial charge in [-0.15, -0.1) is 0 Å². The van der Waals surface area contributed by atoms with E-state index in [0.29, 0.717) is 23.3 Å². The molecule has 0 unspecified atom stereocenters. The van der Waals surface area contributed by atoms with Crippen LogP contribution in [0.5, 0.6) is 0 Å². The molecule has 0 aliphatic carbocycles. The molecule has 2 rings (SSSR count). The molecule has 1 aliphatic rings. The molecular formula is C12H16N2O2. The maximum absolute atomic E-state index is 11.1. The zero-order valence-electron chi connectivity index (χ0n) is 9.55. The molecule has 4 heteroatoms. The number of carboxylic acid groups (broad SMARTS) is 1. The lowest BCUT2D eigenvalue weighted by atomic mass is 10.1. The van der Waals surface area contributed by atoms with Gasteiger partial charge < -0.3 is 10.0 Å². The topological polar surface area (TPSA) is 53.4 Å². The molecule has 1 aliphatic heterocycles. The van der Waals surface area contributed by atoms with E-state index in [1.165, 1.54) is 0 Å². The predicted octanol–water partition coefficient (Wildman–Crippen LogP) is 2.01. The third-order valence-electron chi connectivity index (χ3n) is 3.07. The highest BCUT2D eigenvalue weighted by molar-refractivity contribution is 5.93. The van der Waals surface area contributed by atoms with Crippen LogP contribution in [-0.4, -0.2) is 28.6 Å². The highest BCUT2D eigenvalue weighted by Crippen LogP contribution is 2.29. The van der Waals surface area contributed by atoms with E-state index < -0.39 is 5.97 Å². The lowest BCUT2D eigenvalue weighted by Crippen LogP contribution is -2.29. The summed E-state index contributed by atoms with van der Waals surface area (Å²) in [6, 6.07) is 3.64. The van der Waals surface area contributed by atoms with E-state index in [9.17, 15) is 4.79 Å². The van der Waals surface area contributed by atoms with Crippen molar-refractivity contribution in [3.8, 4) is 0 Å². The molecule has 0 amide bonds. The zero-order chi connectivity index (χ0) is 11.7. The smallest absolute Gasteiger partial charge is 0.339 e. The van der Waals surface area contributed by atoms with Crippen molar-refractivity contribution in [1.29, 1.82) is 0 Å². The van der Waals surface area contributed by atoms with Crippen LogP contribution in [0.3, 0.4) is 0 Å². The van der Waals surface area contributed by atoms with Crippen LogP contribution in [0.15, 0.2) is 18.3 Å². The van der Waals surface area contributed by atoms with E-state index in [1.54, 1.807) is 18.3 Å². The van der Waals surface area contributed by atoms with Gasteiger partial charge in [0.1, 0.15) is 11.4 Å². The first kappa shape index (κ1) is 10.9. The van der Waals surface area contributed by atoms with Gasteiger partial charge in [0.05, 0.1) is 0 Å². The van der Waals surface area contributed by atoms with E-state index in [0.717, 1.165) is 13.0 Å². The van der Waals surface area contributed by atoms with E-state index in [-0.39, 0.29) is 0 Å². The summed E-state index contributed by atoms with van der Waals surface area (Å²) in [5.41, 5.74) is 0.295. The highest BCUT2D eigenvalue weighted by Gasteiger charge is 2.29. The summed E-state index contributed by atoms with van der Waals surface area (Å²) in [6.45, 7) is 5.18. The summed E-state index contributed by atoms with van der Waals surface area (Å²) in [5, 5.41) is 9.11. The van der Waals surface area contributed by atoms with Crippen LogP contribution in [0.25, 0.3) is 0 Å². The highest BCUT2D eigenvalue weighted by atomic mass is 16.4. The fraction of sp³-hybridized carbons (Fsp3) is 0.500. The number of carboxylic acids is 1. The molecule has 0 aromatic carbocycles. The van der Waals surface area contributed by atoms with Gasteiger partial charge in [-0.3, -0.25) is 0 Å². The van der Waals surface area contributed by atoms with Crippen LogP contribution in [0.1, 0.15) is 30.6 Å². The second-order valence-corrected chi connectivity index (χ2v) is 4.52. The first-order valence-electron chi connectivity index (χ1n) is 5.54. The number of aromatic nitrogens is 1. The molecular weight excluding hydrogens is 204 g/mol. The average molecular weight is 220 g/mol. The summed E-state index contributed by atoms with van der Waals surface area (Å²) < 4.78 is 0. The Hall–Kier alpha value is -1.58. The Morgan fingerprint density at radius 3 is 2.88 bits per heavy atom. The van der Waals surface area contributed by atoms with Crippen LogP contribution in [0, 0.1) is 5.92 Å². The van der Waals surface area contributed by atoms with Crippen molar-refractivity contribution in [2.45, 2.75) is 26.3 Å². The fourth-order valence-electron chi connectivity index (χ4n) is 2.39. The summed E-state index contributed by atoms with van der Waals surface area (Å²) in [4.78, 5) is 17.4. The van der Waals surface area contributed by atoms with Crippen molar-refractivity contribution in [3.63, 3.8) is 0 Å². The summed E-state index contributed by atoms with van der Waals surface area (Å²) in [7, 11) is 0. The van der Waals surface area contributed by atoms with Crippen molar-refractivity contribution in [2.24, 2.45) is 5.92 Å². The lowest BCUT2D eigenvalue weighted by molar-refractivity contribution is 0.0697. The maximum atomic E-state index is 11.1. The molecule has 0 radical (unpaired) electrons. The molecule has 0 spiro atoms. The molecule has 86 valence electrons. The number of pyridine rings is 1. The largest absolute Gasteiger partial charge is 0.478 e. The Morgan fingerprint density at radius 1 is 1.56 bits per heavy atom. The zero-order valence-corrected chi connectivity index (χ0v) is 9.55. The summed E-state index contributed by atoms with van der Waals surface area (Å²) in [6.07, 6.45) is 2.74. The quantitative estimate of drug-likeness (QED) is 0.828. The first-order valence-corrected chi connectivity index (χ1v) is 5.54. The molecule has 0 saturated carbocycles. The second-order valence-electron chi connectivity index (χ2n) is 4.52. The van der Waals surface area contributed by atoms with E-state index in [2.05, 4.69) is 23.7 Å². The number of anilines is 1. The fourth-order valence-corrected chi connectivity index (χ4v) is 2.39. The number of hydrogen-bond donors (Lipinski definition) is 1. The minimum Gasteiger partial charge on any atom is -0.478 e. The van der Waals surface area contributed by atoms with Crippen molar-refractivity contribution < 1.29 is 9.90 Å². The second kappa shape index (κ2) is 4.12. The van der Waals surface area contributed by atoms with Crippen LogP contribution >= 0.6 is 0 Å². The molecule has 1 aromatic heterocycles. The van der Waals surface area contributed by atoms with E-state index in [4.69, 9.17) is 5.11 Å². The number of hydrogen-bond acceptors (Lipinski definition) is 3. The van der Waals surface area contributed by atoms with Gasteiger partial charge in [0.25, 0.3) is 0 Å². The molecule has 1 N–H and O–H groups in total. The normalized spacial score (nSPS) is 24.8. The third kappa shape index (κ3) is 1.87. The van der Waals surface area contributed by atoms with Crippen molar-refractivity contribution in [1.82, 2.24) is 4.98 Å². The number of rotatable bonds is 2. The lowest BCUT2D eigenvalue weighted by Gasteiger charge is -2.23. The van der Waals surface area contributed by atoms with Crippen molar-refractivity contribution in [3.05, 3.63) is 23.9 Å². The van der Waals surface area contributed by atoms with Gasteiger partial charge in [0, 0.05) is 18.8 Å². The van der Waals surface area contributed by atoms with Crippen molar-refractivity contribution >= 4 is 11.8 Å². The van der Waals surface area contributed by atoms with Crippen LogP contribution in [0.2, 0.25) is 0 Å². The Morgan fingerprint density at radius 2 is 2.31 bits per heavy atom. The Bertz CT molecular complexity index is 406. The van der Waals surface area contributed by atoms with Gasteiger partial charge in [-0.1, -0.05) is 6.92 Å². The van der Waals surface area contributed by atoms with E-state index in [1.807, 2.05) is 0 Å². The number of aromatic carboxylic acids is 1. The average Bonchev–Trinajstić information content (AvgIpc) is 2.57. The van der Waals surface area contributed by atoms with Gasteiger partial charge in [0.15, 0.2) is 0 Å². The summed E-state index contributed by atoms with van der Waals surface area (Å²) in [5.74, 6) is 0.292. The molecule has 4 nitrogen and oxygen atoms in total. The Labute approximate surface area is 94.9 Å². The number of carbonyl (C=O) groups is 1. The Kier molecular flexibility index (Phi) is 2.81. The predicted molar refractivity (Wildman–Crippen MR) is 61.8 cm³/mol. The standard InChI is InChI=1S/C12H16N2O2/c1-8-6-9(2)14(7-8)11-10(12(15)16)4-3-5-13-11/h3-5,8-9H,6-7H2,1-2H3,(H,15,16)/t8-,9-/m0/s1. The van der Waals surface area contributed by atoms with Crippen molar-refractivity contribution in [2.75, 3.05) is 11.4 Å². The van der Waals surface area contributed by atoms with Gasteiger partial charge in [-0.05, 0) is 31.4 Å². The van der Waals surface area contributed by atoms with Crippen LogP contribution < -0.4 is 4.90 Å². The van der Waals surface area contributed by atoms with Gasteiger partial charge in [0.2, 0.25) is 0 Å². The maximum Gasteiger partial charge on any atom is 0.339 e. The van der Waals surface area contributed by atoms with E-state index >= 15 is 0 Å². The van der Waals surface area contributed by atoms with Gasteiger partial charge in [-0.2, -0.15) is 0 Å². The molecule has 0 bridgehead atoms. The SMILES string of the molecule is C[C@H]1C[C@H](C)N(c2ncccc2C(=O)O)C1. The minimum absolute atomic E-state index is 0.295. The van der Waals surface area contributed by atoms with Crippen LogP contribution in [0.4, 0.5) is 5.82 Å². The van der Waals surface area contributed by atoms with Gasteiger partial charge >= 0.3 is 5.97 Å². The molecule has 1 saturated heterocycles. The molecule has 16 heavy (non-hydrogen) atoms. The molecule has 1 fully saturated rings. The molecule has 1 aromatic rings. The van der Waals surface area contributed by atoms with Gasteiger partial charge in [-0.25, -0.2) is 9.78 Å². The third-order valence-corrected chi connectivity index (χ3v) is 3.07. The Balaban J connectivity index is 2.36. The van der Waals surface area contributed by atoms with Crippen LogP contribution in [-0.2, 0) is 0 Å². The molecule has 2 heterocycles. The minimum atomic E-state index is -0.908.